The predicted octanol–water partition coefficient (Wildman–Crippen LogP) is 2.06. The molecule has 0 aliphatic rings. The van der Waals surface area contributed by atoms with Crippen molar-refractivity contribution < 1.29 is 4.74 Å². The first kappa shape index (κ1) is 14.9. The van der Waals surface area contributed by atoms with Crippen molar-refractivity contribution in [1.82, 2.24) is 14.8 Å². The maximum absolute atomic E-state index is 5.76. The molecule has 0 saturated carbocycles. The van der Waals surface area contributed by atoms with E-state index >= 15 is 0 Å². The van der Waals surface area contributed by atoms with Crippen LogP contribution in [-0.2, 0) is 13.6 Å². The third kappa shape index (κ3) is 3.74. The van der Waals surface area contributed by atoms with E-state index in [1.807, 2.05) is 23.7 Å². The first-order valence-electron chi connectivity index (χ1n) is 6.52. The highest BCUT2D eigenvalue weighted by Gasteiger charge is 2.07. The van der Waals surface area contributed by atoms with E-state index in [1.165, 1.54) is 11.1 Å². The maximum Gasteiger partial charge on any atom is 0.191 e. The zero-order chi connectivity index (χ0) is 14.5. The van der Waals surface area contributed by atoms with E-state index in [0.717, 1.165) is 22.5 Å². The van der Waals surface area contributed by atoms with E-state index in [9.17, 15) is 0 Å². The zero-order valence-electron chi connectivity index (χ0n) is 12.1. The van der Waals surface area contributed by atoms with E-state index in [1.54, 1.807) is 11.8 Å². The molecular weight excluding hydrogens is 272 g/mol. The van der Waals surface area contributed by atoms with E-state index in [2.05, 4.69) is 30.1 Å². The van der Waals surface area contributed by atoms with E-state index in [-0.39, 0.29) is 0 Å². The van der Waals surface area contributed by atoms with E-state index in [4.69, 9.17) is 10.5 Å². The second kappa shape index (κ2) is 6.76. The van der Waals surface area contributed by atoms with Gasteiger partial charge in [0, 0.05) is 12.8 Å². The Kier molecular flexibility index (Phi) is 5.03. The fourth-order valence-corrected chi connectivity index (χ4v) is 2.70. The van der Waals surface area contributed by atoms with Crippen LogP contribution in [0.25, 0.3) is 0 Å². The summed E-state index contributed by atoms with van der Waals surface area (Å²) in [4.78, 5) is 0. The lowest BCUT2D eigenvalue weighted by Crippen LogP contribution is -2.06. The standard InChI is InChI=1S/C14H20N4OS/c1-10-6-11(2)8-12(7-10)19-4-5-20-14-17-16-13(9-15)18(14)3/h6-8H,4-5,9,15H2,1-3H3. The summed E-state index contributed by atoms with van der Waals surface area (Å²) in [5.41, 5.74) is 8.00. The molecule has 0 aliphatic heterocycles. The van der Waals surface area contributed by atoms with Crippen LogP contribution in [0, 0.1) is 13.8 Å². The number of aromatic nitrogens is 3. The minimum Gasteiger partial charge on any atom is -0.493 e. The number of hydrogen-bond donors (Lipinski definition) is 1. The highest BCUT2D eigenvalue weighted by molar-refractivity contribution is 7.99. The highest BCUT2D eigenvalue weighted by Crippen LogP contribution is 2.18. The summed E-state index contributed by atoms with van der Waals surface area (Å²) < 4.78 is 7.68. The Balaban J connectivity index is 1.82. The summed E-state index contributed by atoms with van der Waals surface area (Å²) in [5, 5.41) is 8.99. The number of aryl methyl sites for hydroxylation is 2. The summed E-state index contributed by atoms with van der Waals surface area (Å²) in [6.07, 6.45) is 0. The lowest BCUT2D eigenvalue weighted by atomic mass is 10.1. The molecule has 2 aromatic rings. The molecule has 0 aliphatic carbocycles. The molecular formula is C14H20N4OS. The molecule has 2 rings (SSSR count). The Hall–Kier alpha value is -1.53. The van der Waals surface area contributed by atoms with Crippen molar-refractivity contribution in [1.29, 1.82) is 0 Å². The van der Waals surface area contributed by atoms with Gasteiger partial charge >= 0.3 is 0 Å². The molecule has 0 unspecified atom stereocenters. The summed E-state index contributed by atoms with van der Waals surface area (Å²) >= 11 is 1.62. The van der Waals surface area contributed by atoms with Crippen molar-refractivity contribution in [3.05, 3.63) is 35.2 Å². The van der Waals surface area contributed by atoms with Gasteiger partial charge in [-0.25, -0.2) is 0 Å². The molecule has 2 N–H and O–H groups in total. The van der Waals surface area contributed by atoms with Gasteiger partial charge in [-0.2, -0.15) is 0 Å². The largest absolute Gasteiger partial charge is 0.493 e. The summed E-state index contributed by atoms with van der Waals surface area (Å²) in [7, 11) is 1.93. The summed E-state index contributed by atoms with van der Waals surface area (Å²) in [6.45, 7) is 5.19. The molecule has 108 valence electrons. The molecule has 1 heterocycles. The minimum atomic E-state index is 0.406. The lowest BCUT2D eigenvalue weighted by Gasteiger charge is -2.08. The summed E-state index contributed by atoms with van der Waals surface area (Å²) in [5.74, 6) is 2.54. The minimum absolute atomic E-state index is 0.406. The molecule has 0 spiro atoms. The molecule has 6 heteroatoms. The van der Waals surface area contributed by atoms with Gasteiger partial charge in [0.1, 0.15) is 11.6 Å². The van der Waals surface area contributed by atoms with Crippen molar-refractivity contribution >= 4 is 11.8 Å². The Labute approximate surface area is 123 Å². The highest BCUT2D eigenvalue weighted by atomic mass is 32.2. The Morgan fingerprint density at radius 3 is 2.50 bits per heavy atom. The summed E-state index contributed by atoms with van der Waals surface area (Å²) in [6, 6.07) is 6.23. The molecule has 0 saturated heterocycles. The van der Waals surface area contributed by atoms with Gasteiger partial charge in [-0.3, -0.25) is 0 Å². The van der Waals surface area contributed by atoms with Gasteiger partial charge in [-0.15, -0.1) is 10.2 Å². The second-order valence-electron chi connectivity index (χ2n) is 4.68. The smallest absolute Gasteiger partial charge is 0.191 e. The van der Waals surface area contributed by atoms with Gasteiger partial charge in [-0.05, 0) is 37.1 Å². The number of nitrogens with two attached hydrogens (primary N) is 1. The van der Waals surface area contributed by atoms with Crippen LogP contribution in [-0.4, -0.2) is 27.1 Å². The number of nitrogens with zero attached hydrogens (tertiary/aromatic N) is 3. The second-order valence-corrected chi connectivity index (χ2v) is 5.74. The topological polar surface area (TPSA) is 66.0 Å². The number of thioether (sulfide) groups is 1. The van der Waals surface area contributed by atoms with Gasteiger partial charge in [0.25, 0.3) is 0 Å². The Bertz CT molecular complexity index is 562. The van der Waals surface area contributed by atoms with Crippen molar-refractivity contribution in [3.63, 3.8) is 0 Å². The van der Waals surface area contributed by atoms with Crippen LogP contribution in [0.2, 0.25) is 0 Å². The molecule has 20 heavy (non-hydrogen) atoms. The Morgan fingerprint density at radius 2 is 1.90 bits per heavy atom. The van der Waals surface area contributed by atoms with Gasteiger partial charge in [0.15, 0.2) is 5.16 Å². The average molecular weight is 292 g/mol. The van der Waals surface area contributed by atoms with Crippen LogP contribution in [0.15, 0.2) is 23.4 Å². The first-order valence-corrected chi connectivity index (χ1v) is 7.51. The van der Waals surface area contributed by atoms with Crippen LogP contribution in [0.5, 0.6) is 5.75 Å². The quantitative estimate of drug-likeness (QED) is 0.652. The number of hydrogen-bond acceptors (Lipinski definition) is 5. The SMILES string of the molecule is Cc1cc(C)cc(OCCSc2nnc(CN)n2C)c1. The number of ether oxygens (including phenoxy) is 1. The molecule has 0 atom stereocenters. The zero-order valence-corrected chi connectivity index (χ0v) is 12.9. The van der Waals surface area contributed by atoms with Crippen LogP contribution >= 0.6 is 11.8 Å². The van der Waals surface area contributed by atoms with Crippen molar-refractivity contribution in [2.75, 3.05) is 12.4 Å². The van der Waals surface area contributed by atoms with Crippen LogP contribution < -0.4 is 10.5 Å². The number of benzene rings is 1. The van der Waals surface area contributed by atoms with Crippen molar-refractivity contribution in [3.8, 4) is 5.75 Å². The normalized spacial score (nSPS) is 10.8. The molecule has 1 aromatic carbocycles. The molecule has 0 amide bonds. The number of rotatable bonds is 6. The predicted molar refractivity (Wildman–Crippen MR) is 81.0 cm³/mol. The van der Waals surface area contributed by atoms with Crippen molar-refractivity contribution in [2.24, 2.45) is 12.8 Å². The van der Waals surface area contributed by atoms with Crippen molar-refractivity contribution in [2.45, 2.75) is 25.5 Å². The average Bonchev–Trinajstić information content (AvgIpc) is 2.74. The van der Waals surface area contributed by atoms with Crippen LogP contribution in [0.3, 0.4) is 0 Å². The Morgan fingerprint density at radius 1 is 1.20 bits per heavy atom. The van der Waals surface area contributed by atoms with Gasteiger partial charge < -0.3 is 15.0 Å². The first-order chi connectivity index (χ1) is 9.60. The van der Waals surface area contributed by atoms with Gasteiger partial charge in [-0.1, -0.05) is 17.8 Å². The monoisotopic (exact) mass is 292 g/mol. The molecule has 0 bridgehead atoms. The maximum atomic E-state index is 5.76. The van der Waals surface area contributed by atoms with Gasteiger partial charge in [0.05, 0.1) is 13.2 Å². The molecule has 1 aromatic heterocycles. The fraction of sp³-hybridized carbons (Fsp3) is 0.429. The van der Waals surface area contributed by atoms with E-state index < -0.39 is 0 Å². The van der Waals surface area contributed by atoms with Crippen LogP contribution in [0.1, 0.15) is 17.0 Å². The van der Waals surface area contributed by atoms with Gasteiger partial charge in [0.2, 0.25) is 0 Å². The lowest BCUT2D eigenvalue weighted by molar-refractivity contribution is 0.343. The third-order valence-corrected chi connectivity index (χ3v) is 3.87. The molecule has 5 nitrogen and oxygen atoms in total. The van der Waals surface area contributed by atoms with E-state index in [0.29, 0.717) is 13.2 Å². The third-order valence-electron chi connectivity index (χ3n) is 2.89. The van der Waals surface area contributed by atoms with Crippen LogP contribution in [0.4, 0.5) is 0 Å². The fourth-order valence-electron chi connectivity index (χ4n) is 1.96. The molecule has 0 radical (unpaired) electrons. The molecule has 0 fully saturated rings.